The summed E-state index contributed by atoms with van der Waals surface area (Å²) in [4.78, 5) is 11.7. The number of hydrogen-bond donors (Lipinski definition) is 2. The Balaban J connectivity index is 1.91. The maximum absolute atomic E-state index is 9.48. The number of nitrogens with one attached hydrogen (secondary N) is 1. The first-order valence-corrected chi connectivity index (χ1v) is 8.51. The number of anilines is 1. The number of aliphatic hydroxyl groups excluding tert-OH is 1. The maximum Gasteiger partial charge on any atom is 0.227 e. The molecule has 0 radical (unpaired) electrons. The molecule has 0 unspecified atom stereocenters. The molecule has 0 aliphatic heterocycles. The Hall–Kier alpha value is -1.73. The van der Waals surface area contributed by atoms with Gasteiger partial charge in [-0.25, -0.2) is 9.97 Å². The van der Waals surface area contributed by atoms with Crippen LogP contribution in [0, 0.1) is 5.92 Å². The minimum atomic E-state index is -0.437. The summed E-state index contributed by atoms with van der Waals surface area (Å²) in [5.74, 6) is 1.36. The fourth-order valence-corrected chi connectivity index (χ4v) is 4.33. The second kappa shape index (κ2) is 5.17. The van der Waals surface area contributed by atoms with Crippen molar-refractivity contribution in [1.29, 1.82) is 0 Å². The normalized spacial score (nSPS) is 19.5. The van der Waals surface area contributed by atoms with Crippen LogP contribution >= 0.6 is 11.3 Å². The molecule has 0 saturated carbocycles. The van der Waals surface area contributed by atoms with Gasteiger partial charge in [0, 0.05) is 11.4 Å². The van der Waals surface area contributed by atoms with E-state index in [0.29, 0.717) is 18.4 Å². The van der Waals surface area contributed by atoms with E-state index in [2.05, 4.69) is 22.3 Å². The molecule has 0 saturated heterocycles. The first-order valence-electron chi connectivity index (χ1n) is 7.69. The molecule has 3 aromatic rings. The van der Waals surface area contributed by atoms with Crippen molar-refractivity contribution in [2.24, 2.45) is 5.92 Å². The monoisotopic (exact) mass is 317 g/mol. The number of fused-ring (bicyclic) bond motifs is 5. The van der Waals surface area contributed by atoms with E-state index in [0.717, 1.165) is 28.7 Å². The lowest BCUT2D eigenvalue weighted by Gasteiger charge is -2.18. The summed E-state index contributed by atoms with van der Waals surface area (Å²) >= 11 is 1.77. The van der Waals surface area contributed by atoms with E-state index < -0.39 is 6.10 Å². The van der Waals surface area contributed by atoms with E-state index in [9.17, 15) is 5.11 Å². The van der Waals surface area contributed by atoms with Gasteiger partial charge in [-0.05, 0) is 37.7 Å². The molecule has 0 fully saturated rings. The standard InChI is InChI=1S/C15H19N5OS/c1-8-3-4-11-10(5-8)12-13-17-7-18-20(13)15(16-6-9(2)21)19-14(12)22-11/h7-9,21H,3-6H2,1-2H3,(H,16,19)/t8-,9+/m1/s1. The van der Waals surface area contributed by atoms with Crippen molar-refractivity contribution in [3.8, 4) is 0 Å². The highest BCUT2D eigenvalue weighted by atomic mass is 32.1. The van der Waals surface area contributed by atoms with Crippen LogP contribution in [0.5, 0.6) is 0 Å². The van der Waals surface area contributed by atoms with Crippen LogP contribution in [-0.4, -0.2) is 37.3 Å². The fourth-order valence-electron chi connectivity index (χ4n) is 3.12. The number of thiophene rings is 1. The number of hydrogen-bond acceptors (Lipinski definition) is 6. The molecule has 1 aliphatic carbocycles. The molecule has 2 N–H and O–H groups in total. The third-order valence-electron chi connectivity index (χ3n) is 4.22. The summed E-state index contributed by atoms with van der Waals surface area (Å²) in [5.41, 5.74) is 2.27. The maximum atomic E-state index is 9.48. The van der Waals surface area contributed by atoms with Crippen molar-refractivity contribution in [2.75, 3.05) is 11.9 Å². The van der Waals surface area contributed by atoms with Gasteiger partial charge >= 0.3 is 0 Å². The summed E-state index contributed by atoms with van der Waals surface area (Å²) in [6, 6.07) is 0. The number of rotatable bonds is 3. The zero-order valence-corrected chi connectivity index (χ0v) is 13.5. The van der Waals surface area contributed by atoms with E-state index in [-0.39, 0.29) is 0 Å². The van der Waals surface area contributed by atoms with Gasteiger partial charge in [0.05, 0.1) is 11.5 Å². The highest BCUT2D eigenvalue weighted by molar-refractivity contribution is 7.19. The van der Waals surface area contributed by atoms with Crippen molar-refractivity contribution in [1.82, 2.24) is 19.6 Å². The molecule has 6 nitrogen and oxygen atoms in total. The molecule has 7 heteroatoms. The Morgan fingerprint density at radius 1 is 1.55 bits per heavy atom. The SMILES string of the molecule is C[C@@H]1CCc2sc3nc(NC[C@H](C)O)n4ncnc4c3c2C1. The molecule has 116 valence electrons. The van der Waals surface area contributed by atoms with Crippen molar-refractivity contribution in [3.63, 3.8) is 0 Å². The highest BCUT2D eigenvalue weighted by Crippen LogP contribution is 2.39. The van der Waals surface area contributed by atoms with Gasteiger partial charge in [0.15, 0.2) is 5.65 Å². The van der Waals surface area contributed by atoms with Crippen LogP contribution in [-0.2, 0) is 12.8 Å². The van der Waals surface area contributed by atoms with Crippen molar-refractivity contribution in [2.45, 2.75) is 39.2 Å². The largest absolute Gasteiger partial charge is 0.392 e. The first-order chi connectivity index (χ1) is 10.6. The van der Waals surface area contributed by atoms with E-state index in [1.54, 1.807) is 29.1 Å². The summed E-state index contributed by atoms with van der Waals surface area (Å²) < 4.78 is 1.75. The molecule has 1 aliphatic rings. The van der Waals surface area contributed by atoms with Crippen molar-refractivity contribution < 1.29 is 5.11 Å². The van der Waals surface area contributed by atoms with Crippen LogP contribution < -0.4 is 5.32 Å². The molecule has 4 rings (SSSR count). The molecule has 3 heterocycles. The molecule has 0 amide bonds. The predicted octanol–water partition coefficient (Wildman–Crippen LogP) is 2.26. The van der Waals surface area contributed by atoms with E-state index in [4.69, 9.17) is 4.98 Å². The van der Waals surface area contributed by atoms with Crippen LogP contribution in [0.15, 0.2) is 6.33 Å². The third kappa shape index (κ3) is 2.16. The zero-order chi connectivity index (χ0) is 15.3. The van der Waals surface area contributed by atoms with Gasteiger partial charge in [-0.2, -0.15) is 9.61 Å². The van der Waals surface area contributed by atoms with Crippen LogP contribution in [0.3, 0.4) is 0 Å². The number of aryl methyl sites for hydroxylation is 1. The molecule has 22 heavy (non-hydrogen) atoms. The lowest BCUT2D eigenvalue weighted by molar-refractivity contribution is 0.208. The van der Waals surface area contributed by atoms with Crippen LogP contribution in [0.4, 0.5) is 5.95 Å². The average molecular weight is 317 g/mol. The molecular weight excluding hydrogens is 298 g/mol. The Morgan fingerprint density at radius 3 is 3.23 bits per heavy atom. The van der Waals surface area contributed by atoms with Gasteiger partial charge < -0.3 is 10.4 Å². The first kappa shape index (κ1) is 13.9. The number of aliphatic hydroxyl groups is 1. The van der Waals surface area contributed by atoms with Crippen molar-refractivity contribution >= 4 is 33.1 Å². The summed E-state index contributed by atoms with van der Waals surface area (Å²) in [5, 5.41) is 18.1. The number of nitrogens with zero attached hydrogens (tertiary/aromatic N) is 4. The lowest BCUT2D eigenvalue weighted by Crippen LogP contribution is -2.18. The van der Waals surface area contributed by atoms with E-state index in [1.807, 2.05) is 0 Å². The van der Waals surface area contributed by atoms with Gasteiger partial charge in [-0.3, -0.25) is 0 Å². The topological polar surface area (TPSA) is 75.3 Å². The third-order valence-corrected chi connectivity index (χ3v) is 5.41. The molecule has 3 aromatic heterocycles. The molecular formula is C15H19N5OS. The Morgan fingerprint density at radius 2 is 2.41 bits per heavy atom. The van der Waals surface area contributed by atoms with Gasteiger partial charge in [-0.1, -0.05) is 6.92 Å². The molecule has 2 atom stereocenters. The quantitative estimate of drug-likeness (QED) is 0.775. The van der Waals surface area contributed by atoms with Gasteiger partial charge in [0.25, 0.3) is 0 Å². The summed E-state index contributed by atoms with van der Waals surface area (Å²) in [7, 11) is 0. The van der Waals surface area contributed by atoms with Crippen molar-refractivity contribution in [3.05, 3.63) is 16.8 Å². The zero-order valence-electron chi connectivity index (χ0n) is 12.7. The Labute approximate surface area is 132 Å². The molecule has 0 aromatic carbocycles. The average Bonchev–Trinajstić information content (AvgIpc) is 3.07. The van der Waals surface area contributed by atoms with Crippen LogP contribution in [0.1, 0.15) is 30.7 Å². The minimum Gasteiger partial charge on any atom is -0.392 e. The molecule has 0 spiro atoms. The van der Waals surface area contributed by atoms with Gasteiger partial charge in [-0.15, -0.1) is 11.3 Å². The minimum absolute atomic E-state index is 0.437. The Bertz CT molecular complexity index is 837. The molecule has 0 bridgehead atoms. The predicted molar refractivity (Wildman–Crippen MR) is 87.5 cm³/mol. The Kier molecular flexibility index (Phi) is 3.27. The summed E-state index contributed by atoms with van der Waals surface area (Å²) in [6.07, 6.45) is 4.61. The second-order valence-corrected chi connectivity index (χ2v) is 7.28. The second-order valence-electron chi connectivity index (χ2n) is 6.19. The smallest absolute Gasteiger partial charge is 0.227 e. The lowest BCUT2D eigenvalue weighted by atomic mass is 9.89. The van der Waals surface area contributed by atoms with Gasteiger partial charge in [0.2, 0.25) is 5.95 Å². The highest BCUT2D eigenvalue weighted by Gasteiger charge is 2.24. The van der Waals surface area contributed by atoms with Gasteiger partial charge in [0.1, 0.15) is 11.2 Å². The fraction of sp³-hybridized carbons (Fsp3) is 0.533. The summed E-state index contributed by atoms with van der Waals surface area (Å²) in [6.45, 7) is 4.49. The van der Waals surface area contributed by atoms with E-state index >= 15 is 0 Å². The van der Waals surface area contributed by atoms with Crippen LogP contribution in [0.2, 0.25) is 0 Å². The van der Waals surface area contributed by atoms with E-state index in [1.165, 1.54) is 16.9 Å². The van der Waals surface area contributed by atoms with Crippen LogP contribution in [0.25, 0.3) is 15.9 Å². The number of aromatic nitrogens is 4.